The lowest BCUT2D eigenvalue weighted by molar-refractivity contribution is 0.0394. The number of rotatable bonds is 5. The number of carbonyl (C=O) groups is 1. The molecule has 184 valence electrons. The third-order valence-corrected chi connectivity index (χ3v) is 6.99. The monoisotopic (exact) mass is 482 g/mol. The molecule has 2 unspecified atom stereocenters. The topological polar surface area (TPSA) is 67.7 Å². The van der Waals surface area contributed by atoms with E-state index in [1.165, 1.54) is 0 Å². The van der Waals surface area contributed by atoms with E-state index in [9.17, 15) is 9.59 Å². The van der Waals surface area contributed by atoms with Gasteiger partial charge < -0.3 is 9.64 Å². The summed E-state index contributed by atoms with van der Waals surface area (Å²) in [5.74, 6) is 1.31. The van der Waals surface area contributed by atoms with E-state index < -0.39 is 0 Å². The predicted octanol–water partition coefficient (Wildman–Crippen LogP) is 4.30. The van der Waals surface area contributed by atoms with Crippen molar-refractivity contribution in [2.45, 2.75) is 25.9 Å². The molecule has 0 radical (unpaired) electrons. The average Bonchev–Trinajstić information content (AvgIpc) is 2.92. The van der Waals surface area contributed by atoms with Crippen LogP contribution in [-0.2, 0) is 0 Å². The van der Waals surface area contributed by atoms with E-state index >= 15 is 0 Å². The van der Waals surface area contributed by atoms with Crippen LogP contribution in [0.5, 0.6) is 5.75 Å². The van der Waals surface area contributed by atoms with Gasteiger partial charge in [0, 0.05) is 31.2 Å². The maximum atomic E-state index is 13.8. The molecule has 1 saturated heterocycles. The van der Waals surface area contributed by atoms with E-state index in [1.54, 1.807) is 17.7 Å². The highest BCUT2D eigenvalue weighted by atomic mass is 16.5. The molecule has 1 fully saturated rings. The summed E-state index contributed by atoms with van der Waals surface area (Å²) in [5, 5.41) is 0.561. The van der Waals surface area contributed by atoms with Crippen molar-refractivity contribution in [2.24, 2.45) is 0 Å². The van der Waals surface area contributed by atoms with Crippen LogP contribution in [-0.4, -0.2) is 58.0 Å². The summed E-state index contributed by atoms with van der Waals surface area (Å²) in [5.41, 5.74) is 1.91. The smallest absolute Gasteiger partial charge is 0.266 e. The first-order valence-corrected chi connectivity index (χ1v) is 12.2. The lowest BCUT2D eigenvalue weighted by atomic mass is 10.1. The highest BCUT2D eigenvalue weighted by Gasteiger charge is 2.32. The Morgan fingerprint density at radius 1 is 0.972 bits per heavy atom. The molecule has 0 aliphatic carbocycles. The number of hydrogen-bond acceptors (Lipinski definition) is 5. The van der Waals surface area contributed by atoms with Gasteiger partial charge in [-0.2, -0.15) is 0 Å². The zero-order chi connectivity index (χ0) is 25.2. The van der Waals surface area contributed by atoms with Crippen LogP contribution in [0.1, 0.15) is 36.1 Å². The maximum absolute atomic E-state index is 13.8. The number of ether oxygens (including phenoxy) is 1. The van der Waals surface area contributed by atoms with Gasteiger partial charge in [0.05, 0.1) is 29.7 Å². The van der Waals surface area contributed by atoms with Crippen LogP contribution >= 0.6 is 0 Å². The van der Waals surface area contributed by atoms with E-state index in [-0.39, 0.29) is 23.6 Å². The zero-order valence-electron chi connectivity index (χ0n) is 20.8. The maximum Gasteiger partial charge on any atom is 0.266 e. The Balaban J connectivity index is 1.51. The number of nitrogens with zero attached hydrogens (tertiary/aromatic N) is 4. The number of hydrogen-bond donors (Lipinski definition) is 0. The van der Waals surface area contributed by atoms with E-state index in [4.69, 9.17) is 9.72 Å². The molecule has 0 spiro atoms. The van der Waals surface area contributed by atoms with Gasteiger partial charge in [-0.05, 0) is 50.2 Å². The predicted molar refractivity (Wildman–Crippen MR) is 141 cm³/mol. The van der Waals surface area contributed by atoms with Gasteiger partial charge in [0.15, 0.2) is 0 Å². The average molecular weight is 483 g/mol. The fraction of sp³-hybridized carbons (Fsp3) is 0.276. The van der Waals surface area contributed by atoms with Crippen LogP contribution in [0.2, 0.25) is 0 Å². The van der Waals surface area contributed by atoms with Gasteiger partial charge in [-0.3, -0.25) is 19.1 Å². The molecule has 36 heavy (non-hydrogen) atoms. The Hall–Kier alpha value is -3.97. The third kappa shape index (κ3) is 4.27. The van der Waals surface area contributed by atoms with E-state index in [0.717, 1.165) is 0 Å². The van der Waals surface area contributed by atoms with Gasteiger partial charge in [0.1, 0.15) is 11.6 Å². The molecule has 0 N–H and O–H groups in total. The number of methoxy groups -OCH3 is 1. The Bertz CT molecular complexity index is 1450. The second kappa shape index (κ2) is 9.95. The fourth-order valence-corrected chi connectivity index (χ4v) is 5.03. The molecule has 4 aromatic rings. The highest BCUT2D eigenvalue weighted by molar-refractivity contribution is 5.94. The summed E-state index contributed by atoms with van der Waals surface area (Å²) in [6.07, 6.45) is 0. The molecular weight excluding hydrogens is 452 g/mol. The first-order valence-electron chi connectivity index (χ1n) is 12.2. The minimum Gasteiger partial charge on any atom is -0.495 e. The molecule has 1 amide bonds. The quantitative estimate of drug-likeness (QED) is 0.424. The van der Waals surface area contributed by atoms with Gasteiger partial charge in [0.25, 0.3) is 11.5 Å². The van der Waals surface area contributed by atoms with Crippen molar-refractivity contribution in [3.05, 3.63) is 101 Å². The SMILES string of the molecule is COc1ccccc1-n1c(C(C)N2CCN(C(=O)c3ccccc3)C(C)C2)nc2ccccc2c1=O. The molecule has 1 aliphatic heterocycles. The van der Waals surface area contributed by atoms with Gasteiger partial charge in [-0.15, -0.1) is 0 Å². The number of aromatic nitrogens is 2. The van der Waals surface area contributed by atoms with Crippen molar-refractivity contribution >= 4 is 16.8 Å². The zero-order valence-corrected chi connectivity index (χ0v) is 20.8. The lowest BCUT2D eigenvalue weighted by Gasteiger charge is -2.42. The van der Waals surface area contributed by atoms with E-state index in [2.05, 4.69) is 18.7 Å². The molecule has 1 aliphatic rings. The molecule has 1 aromatic heterocycles. The molecule has 2 heterocycles. The molecule has 0 bridgehead atoms. The molecular formula is C29H30N4O3. The Labute approximate surface area is 210 Å². The van der Waals surface area contributed by atoms with Crippen LogP contribution in [0, 0.1) is 0 Å². The van der Waals surface area contributed by atoms with Gasteiger partial charge >= 0.3 is 0 Å². The van der Waals surface area contributed by atoms with Crippen LogP contribution < -0.4 is 10.3 Å². The Morgan fingerprint density at radius 3 is 2.42 bits per heavy atom. The van der Waals surface area contributed by atoms with Gasteiger partial charge in [-0.1, -0.05) is 42.5 Å². The highest BCUT2D eigenvalue weighted by Crippen LogP contribution is 2.29. The standard InChI is InChI=1S/C29H30N4O3/c1-20-19-31(17-18-32(20)28(34)22-11-5-4-6-12-22)21(2)27-30-24-14-8-7-13-23(24)29(35)33(27)25-15-9-10-16-26(25)36-3/h4-16,20-21H,17-19H2,1-3H3. The largest absolute Gasteiger partial charge is 0.495 e. The second-order valence-electron chi connectivity index (χ2n) is 9.18. The number of carbonyl (C=O) groups excluding carboxylic acids is 1. The van der Waals surface area contributed by atoms with Crippen molar-refractivity contribution in [2.75, 3.05) is 26.7 Å². The normalized spacial score (nSPS) is 17.2. The molecule has 7 heteroatoms. The molecule has 3 aromatic carbocycles. The van der Waals surface area contributed by atoms with Crippen molar-refractivity contribution in [1.29, 1.82) is 0 Å². The first-order chi connectivity index (χ1) is 17.5. The summed E-state index contributed by atoms with van der Waals surface area (Å²) in [6, 6.07) is 24.2. The van der Waals surface area contributed by atoms with E-state index in [0.29, 0.717) is 53.4 Å². The second-order valence-corrected chi connectivity index (χ2v) is 9.18. The minimum atomic E-state index is -0.163. The number of para-hydroxylation sites is 3. The summed E-state index contributed by atoms with van der Waals surface area (Å²) in [6.45, 7) is 6.10. The van der Waals surface area contributed by atoms with Crippen molar-refractivity contribution in [1.82, 2.24) is 19.4 Å². The Kier molecular flexibility index (Phi) is 6.57. The number of benzene rings is 3. The minimum absolute atomic E-state index is 0.0146. The summed E-state index contributed by atoms with van der Waals surface area (Å²) in [4.78, 5) is 36.1. The summed E-state index contributed by atoms with van der Waals surface area (Å²) >= 11 is 0. The molecule has 2 atom stereocenters. The van der Waals surface area contributed by atoms with Crippen LogP contribution in [0.25, 0.3) is 16.6 Å². The number of piperazine rings is 1. The third-order valence-electron chi connectivity index (χ3n) is 6.99. The first kappa shape index (κ1) is 23.8. The number of fused-ring (bicyclic) bond motifs is 1. The van der Waals surface area contributed by atoms with E-state index in [1.807, 2.05) is 77.7 Å². The van der Waals surface area contributed by atoms with Crippen LogP contribution in [0.15, 0.2) is 83.7 Å². The fourth-order valence-electron chi connectivity index (χ4n) is 5.03. The van der Waals surface area contributed by atoms with Crippen LogP contribution in [0.4, 0.5) is 0 Å². The van der Waals surface area contributed by atoms with Gasteiger partial charge in [0.2, 0.25) is 0 Å². The molecule has 5 rings (SSSR count). The van der Waals surface area contributed by atoms with Gasteiger partial charge in [-0.25, -0.2) is 4.98 Å². The van der Waals surface area contributed by atoms with Crippen molar-refractivity contribution in [3.8, 4) is 11.4 Å². The van der Waals surface area contributed by atoms with Crippen molar-refractivity contribution in [3.63, 3.8) is 0 Å². The summed E-state index contributed by atoms with van der Waals surface area (Å²) in [7, 11) is 1.60. The Morgan fingerprint density at radius 2 is 1.67 bits per heavy atom. The van der Waals surface area contributed by atoms with Crippen LogP contribution in [0.3, 0.4) is 0 Å². The van der Waals surface area contributed by atoms with Crippen molar-refractivity contribution < 1.29 is 9.53 Å². The lowest BCUT2D eigenvalue weighted by Crippen LogP contribution is -2.54. The summed E-state index contributed by atoms with van der Waals surface area (Å²) < 4.78 is 7.28. The number of amides is 1. The molecule has 7 nitrogen and oxygen atoms in total. The molecule has 0 saturated carbocycles.